The molecule has 1 saturated heterocycles. The average Bonchev–Trinajstić information content (AvgIpc) is 2.68. The van der Waals surface area contributed by atoms with Crippen molar-refractivity contribution in [2.45, 2.75) is 13.3 Å². The number of carbonyl (C=O) groups excluding carboxylic acids is 2. The van der Waals surface area contributed by atoms with Crippen molar-refractivity contribution in [2.75, 3.05) is 17.2 Å². The standard InChI is InChI=1S/C11H11Cl2N3O2S/c1-6(17)19-5-7-2-9(18)16(4-7)11-10(13)15-8(12)3-14-11/h3,7H,2,4-5H2,1H3. The monoisotopic (exact) mass is 319 g/mol. The van der Waals surface area contributed by atoms with Gasteiger partial charge in [-0.15, -0.1) is 0 Å². The maximum absolute atomic E-state index is 11.9. The fourth-order valence-electron chi connectivity index (χ4n) is 1.85. The van der Waals surface area contributed by atoms with Gasteiger partial charge in [0, 0.05) is 25.6 Å². The van der Waals surface area contributed by atoms with Gasteiger partial charge in [-0.2, -0.15) is 0 Å². The quantitative estimate of drug-likeness (QED) is 0.856. The summed E-state index contributed by atoms with van der Waals surface area (Å²) in [7, 11) is 0. The first-order valence-electron chi connectivity index (χ1n) is 5.59. The highest BCUT2D eigenvalue weighted by Gasteiger charge is 2.33. The highest BCUT2D eigenvalue weighted by atomic mass is 35.5. The number of rotatable bonds is 3. The molecular formula is C11H11Cl2N3O2S. The van der Waals surface area contributed by atoms with Crippen LogP contribution in [0.25, 0.3) is 0 Å². The van der Waals surface area contributed by atoms with Crippen molar-refractivity contribution < 1.29 is 9.59 Å². The van der Waals surface area contributed by atoms with Crippen LogP contribution in [0, 0.1) is 5.92 Å². The van der Waals surface area contributed by atoms with Crippen LogP contribution in [0.3, 0.4) is 0 Å². The van der Waals surface area contributed by atoms with E-state index >= 15 is 0 Å². The largest absolute Gasteiger partial charge is 0.294 e. The zero-order chi connectivity index (χ0) is 14.0. The second-order valence-electron chi connectivity index (χ2n) is 4.18. The zero-order valence-electron chi connectivity index (χ0n) is 10.1. The molecule has 1 aliphatic heterocycles. The summed E-state index contributed by atoms with van der Waals surface area (Å²) < 4.78 is 0. The Morgan fingerprint density at radius 1 is 1.58 bits per heavy atom. The minimum Gasteiger partial charge on any atom is -0.294 e. The predicted octanol–water partition coefficient (Wildman–Crippen LogP) is 2.42. The molecule has 0 spiro atoms. The molecule has 0 radical (unpaired) electrons. The summed E-state index contributed by atoms with van der Waals surface area (Å²) >= 11 is 12.8. The molecule has 2 rings (SSSR count). The molecule has 0 N–H and O–H groups in total. The van der Waals surface area contributed by atoms with Gasteiger partial charge >= 0.3 is 0 Å². The van der Waals surface area contributed by atoms with Crippen LogP contribution >= 0.6 is 35.0 Å². The Bertz CT molecular complexity index is 527. The molecule has 2 heterocycles. The number of carbonyl (C=O) groups is 2. The van der Waals surface area contributed by atoms with Crippen LogP contribution in [0.15, 0.2) is 6.20 Å². The van der Waals surface area contributed by atoms with Crippen LogP contribution in [0.2, 0.25) is 10.3 Å². The Balaban J connectivity index is 2.09. The van der Waals surface area contributed by atoms with Crippen molar-refractivity contribution in [1.29, 1.82) is 0 Å². The minimum atomic E-state index is -0.0623. The van der Waals surface area contributed by atoms with Crippen molar-refractivity contribution >= 4 is 51.8 Å². The number of thioether (sulfide) groups is 1. The van der Waals surface area contributed by atoms with Gasteiger partial charge in [-0.3, -0.25) is 14.5 Å². The topological polar surface area (TPSA) is 63.2 Å². The van der Waals surface area contributed by atoms with Crippen molar-refractivity contribution in [3.05, 3.63) is 16.5 Å². The highest BCUT2D eigenvalue weighted by Crippen LogP contribution is 2.30. The van der Waals surface area contributed by atoms with Crippen molar-refractivity contribution in [3.63, 3.8) is 0 Å². The first-order valence-corrected chi connectivity index (χ1v) is 7.33. The summed E-state index contributed by atoms with van der Waals surface area (Å²) in [6.45, 7) is 2.01. The molecule has 1 aliphatic rings. The van der Waals surface area contributed by atoms with Crippen LogP contribution in [-0.2, 0) is 9.59 Å². The van der Waals surface area contributed by atoms with Gasteiger partial charge in [0.1, 0.15) is 5.15 Å². The van der Waals surface area contributed by atoms with Gasteiger partial charge in [0.15, 0.2) is 16.1 Å². The van der Waals surface area contributed by atoms with E-state index in [4.69, 9.17) is 23.2 Å². The molecule has 1 aromatic heterocycles. The molecule has 0 saturated carbocycles. The van der Waals surface area contributed by atoms with Crippen LogP contribution in [0.5, 0.6) is 0 Å². The summed E-state index contributed by atoms with van der Waals surface area (Å²) in [4.78, 5) is 32.3. The Morgan fingerprint density at radius 3 is 2.95 bits per heavy atom. The van der Waals surface area contributed by atoms with Crippen molar-refractivity contribution in [2.24, 2.45) is 5.92 Å². The second kappa shape index (κ2) is 6.07. The number of hydrogen-bond donors (Lipinski definition) is 0. The van der Waals surface area contributed by atoms with E-state index < -0.39 is 0 Å². The van der Waals surface area contributed by atoms with Gasteiger partial charge in [-0.05, 0) is 5.92 Å². The Kier molecular flexibility index (Phi) is 4.65. The third-order valence-corrected chi connectivity index (χ3v) is 4.15. The summed E-state index contributed by atoms with van der Waals surface area (Å²) in [6.07, 6.45) is 1.74. The number of halogens is 2. The normalized spacial score (nSPS) is 19.0. The van der Waals surface area contributed by atoms with Gasteiger partial charge in [0.25, 0.3) is 0 Å². The molecule has 102 valence electrons. The molecule has 19 heavy (non-hydrogen) atoms. The van der Waals surface area contributed by atoms with E-state index in [1.807, 2.05) is 0 Å². The summed E-state index contributed by atoms with van der Waals surface area (Å²) in [5.41, 5.74) is 0. The molecule has 5 nitrogen and oxygen atoms in total. The smallest absolute Gasteiger partial charge is 0.228 e. The maximum Gasteiger partial charge on any atom is 0.228 e. The fraction of sp³-hybridized carbons (Fsp3) is 0.455. The van der Waals surface area contributed by atoms with Gasteiger partial charge in [-0.1, -0.05) is 35.0 Å². The lowest BCUT2D eigenvalue weighted by Crippen LogP contribution is -2.26. The molecular weight excluding hydrogens is 309 g/mol. The third-order valence-electron chi connectivity index (χ3n) is 2.67. The van der Waals surface area contributed by atoms with Crippen LogP contribution < -0.4 is 4.90 Å². The van der Waals surface area contributed by atoms with Gasteiger partial charge < -0.3 is 0 Å². The van der Waals surface area contributed by atoms with E-state index in [1.165, 1.54) is 29.8 Å². The third kappa shape index (κ3) is 3.58. The summed E-state index contributed by atoms with van der Waals surface area (Å²) in [5.74, 6) is 1.00. The predicted molar refractivity (Wildman–Crippen MR) is 75.7 cm³/mol. The molecule has 1 amide bonds. The van der Waals surface area contributed by atoms with E-state index in [1.54, 1.807) is 0 Å². The van der Waals surface area contributed by atoms with E-state index in [2.05, 4.69) is 9.97 Å². The second-order valence-corrected chi connectivity index (χ2v) is 6.13. The molecule has 1 aromatic rings. The minimum absolute atomic E-state index is 0.0511. The molecule has 0 aromatic carbocycles. The highest BCUT2D eigenvalue weighted by molar-refractivity contribution is 8.13. The number of anilines is 1. The molecule has 1 unspecified atom stereocenters. The Labute approximate surface area is 124 Å². The van der Waals surface area contributed by atoms with Gasteiger partial charge in [0.05, 0.1) is 6.20 Å². The lowest BCUT2D eigenvalue weighted by Gasteiger charge is -2.16. The van der Waals surface area contributed by atoms with E-state index in [-0.39, 0.29) is 27.2 Å². The molecule has 1 atom stereocenters. The first kappa shape index (κ1) is 14.6. The lowest BCUT2D eigenvalue weighted by molar-refractivity contribution is -0.117. The Hall–Kier alpha value is -0.850. The van der Waals surface area contributed by atoms with Crippen molar-refractivity contribution in [1.82, 2.24) is 9.97 Å². The van der Waals surface area contributed by atoms with Crippen molar-refractivity contribution in [3.8, 4) is 0 Å². The van der Waals surface area contributed by atoms with Crippen LogP contribution in [0.1, 0.15) is 13.3 Å². The van der Waals surface area contributed by atoms with Gasteiger partial charge in [0.2, 0.25) is 5.91 Å². The fourth-order valence-corrected chi connectivity index (χ4v) is 2.97. The van der Waals surface area contributed by atoms with E-state index in [9.17, 15) is 9.59 Å². The average molecular weight is 320 g/mol. The summed E-state index contributed by atoms with van der Waals surface area (Å²) in [6, 6.07) is 0. The molecule has 0 bridgehead atoms. The first-order chi connectivity index (χ1) is 8.97. The molecule has 8 heteroatoms. The molecule has 0 aliphatic carbocycles. The van der Waals surface area contributed by atoms with Gasteiger partial charge in [-0.25, -0.2) is 9.97 Å². The number of hydrogen-bond acceptors (Lipinski definition) is 5. The maximum atomic E-state index is 11.9. The molecule has 1 fully saturated rings. The number of amides is 1. The van der Waals surface area contributed by atoms with E-state index in [0.717, 1.165) is 0 Å². The lowest BCUT2D eigenvalue weighted by atomic mass is 10.1. The SMILES string of the molecule is CC(=O)SCC1CC(=O)N(c2ncc(Cl)nc2Cl)C1. The van der Waals surface area contributed by atoms with Crippen LogP contribution in [-0.4, -0.2) is 33.3 Å². The Morgan fingerprint density at radius 2 is 2.32 bits per heavy atom. The number of nitrogens with zero attached hydrogens (tertiary/aromatic N) is 3. The van der Waals surface area contributed by atoms with E-state index in [0.29, 0.717) is 24.5 Å². The number of aromatic nitrogens is 2. The zero-order valence-corrected chi connectivity index (χ0v) is 12.4. The summed E-state index contributed by atoms with van der Waals surface area (Å²) in [5, 5.41) is 0.347. The van der Waals surface area contributed by atoms with Crippen LogP contribution in [0.4, 0.5) is 5.82 Å².